The quantitative estimate of drug-likeness (QED) is 0.866. The third-order valence-electron chi connectivity index (χ3n) is 3.13. The van der Waals surface area contributed by atoms with Crippen LogP contribution in [0.15, 0.2) is 18.3 Å². The lowest BCUT2D eigenvalue weighted by atomic mass is 10.1. The normalized spacial score (nSPS) is 18.0. The predicted molar refractivity (Wildman–Crippen MR) is 69.5 cm³/mol. The van der Waals surface area contributed by atoms with Crippen LogP contribution < -0.4 is 10.1 Å². The summed E-state index contributed by atoms with van der Waals surface area (Å²) < 4.78 is 5.52. The van der Waals surface area contributed by atoms with Crippen molar-refractivity contribution in [2.24, 2.45) is 0 Å². The highest BCUT2D eigenvalue weighted by molar-refractivity contribution is 5.52. The molecule has 2 rings (SSSR count). The van der Waals surface area contributed by atoms with Crippen molar-refractivity contribution in [1.82, 2.24) is 9.88 Å². The molecule has 1 saturated heterocycles. The fraction of sp³-hybridized carbons (Fsp3) is 0.615. The van der Waals surface area contributed by atoms with Gasteiger partial charge in [-0.2, -0.15) is 0 Å². The van der Waals surface area contributed by atoms with E-state index in [2.05, 4.69) is 22.2 Å². The lowest BCUT2D eigenvalue weighted by molar-refractivity contribution is 0.263. The first-order chi connectivity index (χ1) is 8.29. The maximum absolute atomic E-state index is 5.52. The van der Waals surface area contributed by atoms with Gasteiger partial charge in [0.25, 0.3) is 0 Å². The highest BCUT2D eigenvalue weighted by Gasteiger charge is 2.17. The summed E-state index contributed by atoms with van der Waals surface area (Å²) in [6, 6.07) is 4.52. The van der Waals surface area contributed by atoms with E-state index in [1.165, 1.54) is 12.8 Å². The van der Waals surface area contributed by atoms with E-state index in [1.54, 1.807) is 6.20 Å². The van der Waals surface area contributed by atoms with Crippen LogP contribution in [0.25, 0.3) is 0 Å². The summed E-state index contributed by atoms with van der Waals surface area (Å²) in [7, 11) is 2.17. The summed E-state index contributed by atoms with van der Waals surface area (Å²) in [5, 5.41) is 3.54. The molecule has 0 radical (unpaired) electrons. The Bertz CT molecular complexity index is 348. The molecule has 4 nitrogen and oxygen atoms in total. The Morgan fingerprint density at radius 2 is 2.24 bits per heavy atom. The number of likely N-dealkylation sites (tertiary alicyclic amines) is 1. The van der Waals surface area contributed by atoms with Crippen LogP contribution in [0.5, 0.6) is 5.88 Å². The third-order valence-corrected chi connectivity index (χ3v) is 3.13. The second-order valence-corrected chi connectivity index (χ2v) is 4.51. The van der Waals surface area contributed by atoms with Crippen molar-refractivity contribution in [3.63, 3.8) is 0 Å². The largest absolute Gasteiger partial charge is 0.476 e. The molecule has 1 aromatic rings. The van der Waals surface area contributed by atoms with Crippen molar-refractivity contribution in [3.8, 4) is 5.88 Å². The van der Waals surface area contributed by atoms with Gasteiger partial charge in [-0.3, -0.25) is 0 Å². The van der Waals surface area contributed by atoms with Gasteiger partial charge >= 0.3 is 0 Å². The second-order valence-electron chi connectivity index (χ2n) is 4.51. The molecular weight excluding hydrogens is 214 g/mol. The summed E-state index contributed by atoms with van der Waals surface area (Å²) in [6.07, 6.45) is 4.12. The van der Waals surface area contributed by atoms with Crippen LogP contribution in [0.2, 0.25) is 0 Å². The van der Waals surface area contributed by atoms with Crippen molar-refractivity contribution >= 4 is 5.69 Å². The average molecular weight is 235 g/mol. The minimum Gasteiger partial charge on any atom is -0.476 e. The Morgan fingerprint density at radius 3 is 2.94 bits per heavy atom. The lowest BCUT2D eigenvalue weighted by Gasteiger charge is -2.30. The van der Waals surface area contributed by atoms with Crippen molar-refractivity contribution < 1.29 is 4.74 Å². The first-order valence-electron chi connectivity index (χ1n) is 6.32. The Labute approximate surface area is 103 Å². The van der Waals surface area contributed by atoms with Gasteiger partial charge in [0.15, 0.2) is 0 Å². The number of piperidine rings is 1. The summed E-state index contributed by atoms with van der Waals surface area (Å²) >= 11 is 0. The Hall–Kier alpha value is -1.29. The molecule has 0 saturated carbocycles. The average Bonchev–Trinajstić information content (AvgIpc) is 2.35. The van der Waals surface area contributed by atoms with Crippen molar-refractivity contribution in [2.75, 3.05) is 32.1 Å². The molecule has 0 aromatic carbocycles. The van der Waals surface area contributed by atoms with Gasteiger partial charge in [0, 0.05) is 12.2 Å². The van der Waals surface area contributed by atoms with E-state index in [0.717, 1.165) is 18.8 Å². The number of hydrogen-bond acceptors (Lipinski definition) is 4. The van der Waals surface area contributed by atoms with Crippen molar-refractivity contribution in [1.29, 1.82) is 0 Å². The zero-order valence-corrected chi connectivity index (χ0v) is 10.6. The topological polar surface area (TPSA) is 37.4 Å². The number of nitrogens with zero attached hydrogens (tertiary/aromatic N) is 2. The van der Waals surface area contributed by atoms with Gasteiger partial charge < -0.3 is 15.0 Å². The van der Waals surface area contributed by atoms with E-state index < -0.39 is 0 Å². The monoisotopic (exact) mass is 235 g/mol. The van der Waals surface area contributed by atoms with Gasteiger partial charge in [-0.25, -0.2) is 4.98 Å². The molecular formula is C13H21N3O. The molecule has 1 aromatic heterocycles. The third kappa shape index (κ3) is 3.33. The molecule has 0 unspecified atom stereocenters. The van der Waals surface area contributed by atoms with E-state index >= 15 is 0 Å². The number of nitrogens with one attached hydrogen (secondary N) is 1. The minimum atomic E-state index is 0.537. The molecule has 0 atom stereocenters. The maximum Gasteiger partial charge on any atom is 0.237 e. The predicted octanol–water partition coefficient (Wildman–Crippen LogP) is 1.99. The zero-order valence-electron chi connectivity index (χ0n) is 10.6. The van der Waals surface area contributed by atoms with E-state index in [0.29, 0.717) is 18.5 Å². The van der Waals surface area contributed by atoms with E-state index in [-0.39, 0.29) is 0 Å². The molecule has 17 heavy (non-hydrogen) atoms. The second kappa shape index (κ2) is 5.87. The molecule has 94 valence electrons. The number of pyridine rings is 1. The maximum atomic E-state index is 5.52. The molecule has 0 spiro atoms. The molecule has 4 heteroatoms. The van der Waals surface area contributed by atoms with Gasteiger partial charge in [0.2, 0.25) is 5.88 Å². The van der Waals surface area contributed by atoms with E-state index in [9.17, 15) is 0 Å². The van der Waals surface area contributed by atoms with Crippen LogP contribution in [0, 0.1) is 0 Å². The first kappa shape index (κ1) is 12.2. The molecule has 0 amide bonds. The summed E-state index contributed by atoms with van der Waals surface area (Å²) in [6.45, 7) is 4.94. The molecule has 1 N–H and O–H groups in total. The number of anilines is 1. The highest BCUT2D eigenvalue weighted by atomic mass is 16.5. The zero-order chi connectivity index (χ0) is 12.1. The van der Waals surface area contributed by atoms with Gasteiger partial charge in [-0.1, -0.05) is 0 Å². The van der Waals surface area contributed by atoms with Crippen molar-refractivity contribution in [3.05, 3.63) is 18.3 Å². The van der Waals surface area contributed by atoms with Crippen LogP contribution in [-0.4, -0.2) is 42.7 Å². The fourth-order valence-electron chi connectivity index (χ4n) is 2.13. The molecule has 0 aliphatic carbocycles. The number of hydrogen-bond donors (Lipinski definition) is 1. The standard InChI is InChI=1S/C13H21N3O/c1-3-17-13-12(5-4-8-14-13)15-11-6-9-16(2)10-7-11/h4-5,8,11,15H,3,6-7,9-10H2,1-2H3. The molecule has 0 bridgehead atoms. The van der Waals surface area contributed by atoms with Crippen LogP contribution in [-0.2, 0) is 0 Å². The SMILES string of the molecule is CCOc1ncccc1NC1CCN(C)CC1. The van der Waals surface area contributed by atoms with Crippen LogP contribution in [0.1, 0.15) is 19.8 Å². The molecule has 2 heterocycles. The highest BCUT2D eigenvalue weighted by Crippen LogP contribution is 2.23. The number of aromatic nitrogens is 1. The smallest absolute Gasteiger partial charge is 0.237 e. The Balaban J connectivity index is 1.98. The molecule has 1 aliphatic rings. The lowest BCUT2D eigenvalue weighted by Crippen LogP contribution is -2.36. The summed E-state index contributed by atoms with van der Waals surface area (Å²) in [5.74, 6) is 0.717. The van der Waals surface area contributed by atoms with Crippen molar-refractivity contribution in [2.45, 2.75) is 25.8 Å². The minimum absolute atomic E-state index is 0.537. The van der Waals surface area contributed by atoms with Crippen LogP contribution >= 0.6 is 0 Å². The molecule has 1 fully saturated rings. The van der Waals surface area contributed by atoms with Gasteiger partial charge in [-0.05, 0) is 52.0 Å². The number of ether oxygens (including phenoxy) is 1. The Kier molecular flexibility index (Phi) is 4.20. The first-order valence-corrected chi connectivity index (χ1v) is 6.32. The van der Waals surface area contributed by atoms with Gasteiger partial charge in [0.05, 0.1) is 12.3 Å². The van der Waals surface area contributed by atoms with Crippen LogP contribution in [0.3, 0.4) is 0 Å². The fourth-order valence-corrected chi connectivity index (χ4v) is 2.13. The van der Waals surface area contributed by atoms with Crippen LogP contribution in [0.4, 0.5) is 5.69 Å². The number of rotatable bonds is 4. The Morgan fingerprint density at radius 1 is 1.47 bits per heavy atom. The van der Waals surface area contributed by atoms with Gasteiger partial charge in [-0.15, -0.1) is 0 Å². The van der Waals surface area contributed by atoms with E-state index in [1.807, 2.05) is 19.1 Å². The van der Waals surface area contributed by atoms with Gasteiger partial charge in [0.1, 0.15) is 0 Å². The summed E-state index contributed by atoms with van der Waals surface area (Å²) in [4.78, 5) is 6.62. The van der Waals surface area contributed by atoms with E-state index in [4.69, 9.17) is 4.74 Å². The molecule has 1 aliphatic heterocycles. The summed E-state index contributed by atoms with van der Waals surface area (Å²) in [5.41, 5.74) is 1.02.